The molecule has 0 aliphatic carbocycles. The summed E-state index contributed by atoms with van der Waals surface area (Å²) in [5.41, 5.74) is 9.36. The van der Waals surface area contributed by atoms with Crippen LogP contribution in [-0.4, -0.2) is 13.7 Å². The van der Waals surface area contributed by atoms with Crippen molar-refractivity contribution in [2.75, 3.05) is 24.7 Å². The number of ether oxygens (including phenoxy) is 1. The van der Waals surface area contributed by atoms with Crippen molar-refractivity contribution in [1.82, 2.24) is 0 Å². The van der Waals surface area contributed by atoms with Gasteiger partial charge in [0.25, 0.3) is 0 Å². The lowest BCUT2D eigenvalue weighted by atomic mass is 10.1. The second kappa shape index (κ2) is 6.28. The highest BCUT2D eigenvalue weighted by Gasteiger charge is 2.07. The van der Waals surface area contributed by atoms with E-state index in [0.29, 0.717) is 11.4 Å². The molecule has 20 heavy (non-hydrogen) atoms. The monoisotopic (exact) mass is 274 g/mol. The van der Waals surface area contributed by atoms with Crippen LogP contribution in [0.5, 0.6) is 5.75 Å². The molecule has 0 saturated heterocycles. The van der Waals surface area contributed by atoms with E-state index in [1.807, 2.05) is 6.07 Å². The first-order valence-corrected chi connectivity index (χ1v) is 6.52. The largest absolute Gasteiger partial charge is 0.494 e. The molecule has 0 aromatic heterocycles. The summed E-state index contributed by atoms with van der Waals surface area (Å²) in [6.45, 7) is 2.79. The number of halogens is 1. The molecule has 0 heterocycles. The first kappa shape index (κ1) is 14.2. The summed E-state index contributed by atoms with van der Waals surface area (Å²) in [6, 6.07) is 11.2. The molecule has 0 saturated carbocycles. The second-order valence-corrected chi connectivity index (χ2v) is 4.74. The molecule has 0 spiro atoms. The summed E-state index contributed by atoms with van der Waals surface area (Å²) in [5, 5.41) is 3.21. The van der Waals surface area contributed by atoms with E-state index in [4.69, 9.17) is 10.5 Å². The zero-order valence-electron chi connectivity index (χ0n) is 11.7. The Morgan fingerprint density at radius 2 is 2.05 bits per heavy atom. The average Bonchev–Trinajstić information content (AvgIpc) is 2.41. The van der Waals surface area contributed by atoms with Crippen molar-refractivity contribution in [2.24, 2.45) is 0 Å². The Labute approximate surface area is 118 Å². The Balaban J connectivity index is 2.00. The van der Waals surface area contributed by atoms with Gasteiger partial charge in [0.2, 0.25) is 0 Å². The molecule has 0 unspecified atom stereocenters. The van der Waals surface area contributed by atoms with Crippen LogP contribution in [-0.2, 0) is 6.42 Å². The number of methoxy groups -OCH3 is 1. The van der Waals surface area contributed by atoms with Crippen molar-refractivity contribution in [2.45, 2.75) is 13.3 Å². The van der Waals surface area contributed by atoms with E-state index in [1.54, 1.807) is 6.07 Å². The van der Waals surface area contributed by atoms with E-state index < -0.39 is 5.82 Å². The first-order chi connectivity index (χ1) is 9.60. The van der Waals surface area contributed by atoms with Crippen molar-refractivity contribution >= 4 is 11.4 Å². The fraction of sp³-hybridized carbons (Fsp3) is 0.250. The van der Waals surface area contributed by atoms with Gasteiger partial charge in [0.1, 0.15) is 0 Å². The molecule has 0 fully saturated rings. The minimum absolute atomic E-state index is 0.192. The fourth-order valence-corrected chi connectivity index (χ4v) is 2.09. The Morgan fingerprint density at radius 1 is 1.25 bits per heavy atom. The van der Waals surface area contributed by atoms with Crippen LogP contribution in [0.2, 0.25) is 0 Å². The molecule has 0 atom stereocenters. The van der Waals surface area contributed by atoms with Crippen LogP contribution in [0.4, 0.5) is 15.8 Å². The molecule has 0 aliphatic heterocycles. The van der Waals surface area contributed by atoms with Gasteiger partial charge in [0, 0.05) is 18.7 Å². The van der Waals surface area contributed by atoms with Crippen molar-refractivity contribution in [3.05, 3.63) is 53.3 Å². The Bertz CT molecular complexity index is 599. The van der Waals surface area contributed by atoms with Gasteiger partial charge in [-0.2, -0.15) is 0 Å². The third-order valence-corrected chi connectivity index (χ3v) is 3.14. The van der Waals surface area contributed by atoms with Crippen LogP contribution in [0, 0.1) is 12.7 Å². The molecular formula is C16H19FN2O. The molecule has 3 N–H and O–H groups in total. The molecular weight excluding hydrogens is 255 g/mol. The van der Waals surface area contributed by atoms with Crippen LogP contribution in [0.15, 0.2) is 36.4 Å². The van der Waals surface area contributed by atoms with E-state index in [-0.39, 0.29) is 5.75 Å². The standard InChI is InChI=1S/C16H19FN2O/c1-11-4-3-5-12(8-11)6-7-19-15-10-16(20-2)13(17)9-14(15)18/h3-5,8-10,19H,6-7,18H2,1-2H3. The van der Waals surface area contributed by atoms with E-state index in [9.17, 15) is 4.39 Å². The average molecular weight is 274 g/mol. The molecule has 0 radical (unpaired) electrons. The van der Waals surface area contributed by atoms with Gasteiger partial charge in [-0.05, 0) is 18.9 Å². The van der Waals surface area contributed by atoms with Gasteiger partial charge >= 0.3 is 0 Å². The van der Waals surface area contributed by atoms with Crippen LogP contribution in [0.3, 0.4) is 0 Å². The second-order valence-electron chi connectivity index (χ2n) is 4.74. The smallest absolute Gasteiger partial charge is 0.167 e. The number of nitrogens with two attached hydrogens (primary N) is 1. The molecule has 0 bridgehead atoms. The maximum atomic E-state index is 13.4. The highest BCUT2D eigenvalue weighted by atomic mass is 19.1. The zero-order valence-corrected chi connectivity index (χ0v) is 11.7. The topological polar surface area (TPSA) is 47.3 Å². The van der Waals surface area contributed by atoms with Crippen molar-refractivity contribution in [3.8, 4) is 5.75 Å². The van der Waals surface area contributed by atoms with Gasteiger partial charge in [0.15, 0.2) is 11.6 Å². The molecule has 106 valence electrons. The number of anilines is 2. The van der Waals surface area contributed by atoms with E-state index >= 15 is 0 Å². The first-order valence-electron chi connectivity index (χ1n) is 6.52. The lowest BCUT2D eigenvalue weighted by Crippen LogP contribution is -2.07. The van der Waals surface area contributed by atoms with Gasteiger partial charge in [-0.1, -0.05) is 29.8 Å². The quantitative estimate of drug-likeness (QED) is 0.822. The molecule has 4 heteroatoms. The fourth-order valence-electron chi connectivity index (χ4n) is 2.09. The summed E-state index contributed by atoms with van der Waals surface area (Å²) in [4.78, 5) is 0. The van der Waals surface area contributed by atoms with Crippen LogP contribution >= 0.6 is 0 Å². The van der Waals surface area contributed by atoms with Crippen molar-refractivity contribution in [3.63, 3.8) is 0 Å². The van der Waals surface area contributed by atoms with Gasteiger partial charge in [-0.15, -0.1) is 0 Å². The summed E-state index contributed by atoms with van der Waals surface area (Å²) < 4.78 is 18.4. The van der Waals surface area contributed by atoms with Crippen LogP contribution in [0.25, 0.3) is 0 Å². The number of hydrogen-bond acceptors (Lipinski definition) is 3. The predicted molar refractivity (Wildman–Crippen MR) is 80.7 cm³/mol. The summed E-state index contributed by atoms with van der Waals surface area (Å²) >= 11 is 0. The summed E-state index contributed by atoms with van der Waals surface area (Å²) in [5.74, 6) is -0.258. The molecule has 2 rings (SSSR count). The van der Waals surface area contributed by atoms with Gasteiger partial charge in [-0.25, -0.2) is 4.39 Å². The molecule has 0 amide bonds. The number of hydrogen-bond donors (Lipinski definition) is 2. The summed E-state index contributed by atoms with van der Waals surface area (Å²) in [7, 11) is 1.44. The van der Waals surface area contributed by atoms with Crippen LogP contribution < -0.4 is 15.8 Å². The summed E-state index contributed by atoms with van der Waals surface area (Å²) in [6.07, 6.45) is 0.876. The number of aryl methyl sites for hydroxylation is 1. The van der Waals surface area contributed by atoms with Gasteiger partial charge in [0.05, 0.1) is 18.5 Å². The minimum Gasteiger partial charge on any atom is -0.494 e. The number of rotatable bonds is 5. The number of nitrogen functional groups attached to an aromatic ring is 1. The predicted octanol–water partition coefficient (Wildman–Crippen LogP) is 3.38. The molecule has 2 aromatic rings. The lowest BCUT2D eigenvalue weighted by Gasteiger charge is -2.12. The van der Waals surface area contributed by atoms with E-state index in [2.05, 4.69) is 30.4 Å². The van der Waals surface area contributed by atoms with Gasteiger partial charge in [-0.3, -0.25) is 0 Å². The molecule has 2 aromatic carbocycles. The maximum absolute atomic E-state index is 13.4. The number of benzene rings is 2. The van der Waals surface area contributed by atoms with Gasteiger partial charge < -0.3 is 15.8 Å². The Kier molecular flexibility index (Phi) is 4.45. The highest BCUT2D eigenvalue weighted by Crippen LogP contribution is 2.27. The highest BCUT2D eigenvalue weighted by molar-refractivity contribution is 5.68. The zero-order chi connectivity index (χ0) is 14.5. The van der Waals surface area contributed by atoms with Crippen LogP contribution in [0.1, 0.15) is 11.1 Å². The Morgan fingerprint density at radius 3 is 2.75 bits per heavy atom. The van der Waals surface area contributed by atoms with E-state index in [1.165, 1.54) is 24.3 Å². The lowest BCUT2D eigenvalue weighted by molar-refractivity contribution is 0.387. The SMILES string of the molecule is COc1cc(NCCc2cccc(C)c2)c(N)cc1F. The number of nitrogens with one attached hydrogen (secondary N) is 1. The molecule has 0 aliphatic rings. The van der Waals surface area contributed by atoms with Crippen molar-refractivity contribution < 1.29 is 9.13 Å². The molecule has 3 nitrogen and oxygen atoms in total. The van der Waals surface area contributed by atoms with Crippen molar-refractivity contribution in [1.29, 1.82) is 0 Å². The minimum atomic E-state index is -0.450. The maximum Gasteiger partial charge on any atom is 0.167 e. The third-order valence-electron chi connectivity index (χ3n) is 3.14. The normalized spacial score (nSPS) is 10.3. The van der Waals surface area contributed by atoms with E-state index in [0.717, 1.165) is 13.0 Å². The third kappa shape index (κ3) is 3.41. The Hall–Kier alpha value is -2.23.